The number of sulfonamides is 1. The van der Waals surface area contributed by atoms with E-state index in [2.05, 4.69) is 24.0 Å². The van der Waals surface area contributed by atoms with Crippen molar-refractivity contribution >= 4 is 42.6 Å². The van der Waals surface area contributed by atoms with Crippen LogP contribution in [-0.2, 0) is 23.0 Å². The van der Waals surface area contributed by atoms with Gasteiger partial charge in [-0.15, -0.1) is 0 Å². The predicted octanol–water partition coefficient (Wildman–Crippen LogP) is 6.05. The molecular weight excluding hydrogens is 516 g/mol. The van der Waals surface area contributed by atoms with Crippen LogP contribution in [0.4, 0.5) is 5.13 Å². The monoisotopic (exact) mass is 548 g/mol. The van der Waals surface area contributed by atoms with Crippen LogP contribution in [-0.4, -0.2) is 41.7 Å². The first-order valence-corrected chi connectivity index (χ1v) is 15.3. The zero-order valence-corrected chi connectivity index (χ0v) is 23.3. The summed E-state index contributed by atoms with van der Waals surface area (Å²) in [7, 11) is -1.98. The van der Waals surface area contributed by atoms with Gasteiger partial charge in [-0.25, -0.2) is 13.4 Å². The maximum Gasteiger partial charge on any atom is 0.260 e. The number of hydrogen-bond donors (Lipinski definition) is 0. The van der Waals surface area contributed by atoms with Gasteiger partial charge in [0, 0.05) is 24.8 Å². The van der Waals surface area contributed by atoms with Crippen LogP contribution in [0, 0.1) is 0 Å². The Hall–Kier alpha value is -3.14. The number of carbonyl (C=O) groups is 1. The number of fused-ring (bicyclic) bond motifs is 1. The number of thiazole rings is 1. The molecule has 1 amide bonds. The summed E-state index contributed by atoms with van der Waals surface area (Å²) in [5, 5.41) is 0.581. The third-order valence-corrected chi connectivity index (χ3v) is 10.2. The molecule has 198 valence electrons. The lowest BCUT2D eigenvalue weighted by Crippen LogP contribution is -2.38. The molecule has 2 aromatic heterocycles. The van der Waals surface area contributed by atoms with E-state index in [0.717, 1.165) is 54.4 Å². The first-order chi connectivity index (χ1) is 18.4. The van der Waals surface area contributed by atoms with Crippen LogP contribution in [0.5, 0.6) is 0 Å². The van der Waals surface area contributed by atoms with Crippen LogP contribution in [0.25, 0.3) is 10.2 Å². The van der Waals surface area contributed by atoms with Gasteiger partial charge in [-0.2, -0.15) is 4.31 Å². The van der Waals surface area contributed by atoms with Crippen molar-refractivity contribution in [2.24, 2.45) is 0 Å². The summed E-state index contributed by atoms with van der Waals surface area (Å²) >= 11 is 1.47. The Labute approximate surface area is 228 Å². The fourth-order valence-corrected chi connectivity index (χ4v) is 7.35. The smallest absolute Gasteiger partial charge is 0.260 e. The molecule has 0 radical (unpaired) electrons. The molecule has 0 unspecified atom stereocenters. The van der Waals surface area contributed by atoms with Crippen molar-refractivity contribution in [1.29, 1.82) is 0 Å². The number of aryl methyl sites for hydroxylation is 1. The van der Waals surface area contributed by atoms with E-state index in [9.17, 15) is 13.2 Å². The summed E-state index contributed by atoms with van der Waals surface area (Å²) in [6.07, 6.45) is 7.65. The number of pyridine rings is 1. The molecule has 0 aliphatic heterocycles. The van der Waals surface area contributed by atoms with E-state index in [1.165, 1.54) is 33.3 Å². The van der Waals surface area contributed by atoms with Gasteiger partial charge in [0.2, 0.25) is 10.0 Å². The van der Waals surface area contributed by atoms with E-state index in [-0.39, 0.29) is 23.4 Å². The lowest BCUT2D eigenvalue weighted by Gasteiger charge is -2.30. The summed E-state index contributed by atoms with van der Waals surface area (Å²) in [5.41, 5.74) is 3.19. The van der Waals surface area contributed by atoms with Crippen LogP contribution in [0.1, 0.15) is 60.6 Å². The normalized spacial score (nSPS) is 14.7. The number of rotatable bonds is 8. The van der Waals surface area contributed by atoms with E-state index in [0.29, 0.717) is 10.7 Å². The molecular formula is C29H32N4O3S2. The van der Waals surface area contributed by atoms with Gasteiger partial charge >= 0.3 is 0 Å². The molecule has 1 aliphatic rings. The SMILES string of the molecule is CCc1ccc2nc(N(Cc3ccccn3)C(=O)c3ccc(S(=O)(=O)N(C)C4CCCCC4)cc3)sc2c1. The second kappa shape index (κ2) is 11.3. The van der Waals surface area contributed by atoms with Gasteiger partial charge in [-0.05, 0) is 73.4 Å². The molecule has 1 aliphatic carbocycles. The van der Waals surface area contributed by atoms with Crippen molar-refractivity contribution in [1.82, 2.24) is 14.3 Å². The molecule has 0 N–H and O–H groups in total. The van der Waals surface area contributed by atoms with E-state index in [4.69, 9.17) is 4.98 Å². The van der Waals surface area contributed by atoms with E-state index >= 15 is 0 Å². The second-order valence-corrected chi connectivity index (χ2v) is 12.7. The van der Waals surface area contributed by atoms with Crippen molar-refractivity contribution in [2.45, 2.75) is 62.9 Å². The molecule has 2 heterocycles. The summed E-state index contributed by atoms with van der Waals surface area (Å²) in [6, 6.07) is 18.0. The zero-order chi connectivity index (χ0) is 26.7. The Kier molecular flexibility index (Phi) is 7.88. The third kappa shape index (κ3) is 5.50. The standard InChI is InChI=1S/C29H32N4O3S2/c1-3-21-12-17-26-27(19-21)37-29(31-26)33(20-23-9-7-8-18-30-23)28(34)22-13-15-25(16-14-22)38(35,36)32(2)24-10-5-4-6-11-24/h7-9,12-19,24H,3-6,10-11,20H2,1-2H3. The highest BCUT2D eigenvalue weighted by molar-refractivity contribution is 7.89. The van der Waals surface area contributed by atoms with Gasteiger partial charge in [0.1, 0.15) is 0 Å². The topological polar surface area (TPSA) is 83.5 Å². The van der Waals surface area contributed by atoms with Crippen molar-refractivity contribution in [3.8, 4) is 0 Å². The fourth-order valence-electron chi connectivity index (χ4n) is 4.90. The molecule has 0 bridgehead atoms. The average molecular weight is 549 g/mol. The highest BCUT2D eigenvalue weighted by Crippen LogP contribution is 2.32. The molecule has 1 fully saturated rings. The number of benzene rings is 2. The second-order valence-electron chi connectivity index (χ2n) is 9.70. The summed E-state index contributed by atoms with van der Waals surface area (Å²) in [5.74, 6) is -0.255. The molecule has 0 atom stereocenters. The fraction of sp³-hybridized carbons (Fsp3) is 0.345. The minimum atomic E-state index is -3.64. The Morgan fingerprint density at radius 1 is 1.03 bits per heavy atom. The van der Waals surface area contributed by atoms with Crippen LogP contribution < -0.4 is 4.90 Å². The molecule has 1 saturated carbocycles. The predicted molar refractivity (Wildman–Crippen MR) is 152 cm³/mol. The third-order valence-electron chi connectivity index (χ3n) is 7.24. The Balaban J connectivity index is 1.44. The number of hydrogen-bond acceptors (Lipinski definition) is 6. The summed E-state index contributed by atoms with van der Waals surface area (Å²) < 4.78 is 29.1. The number of anilines is 1. The molecule has 4 aromatic rings. The minimum Gasteiger partial charge on any atom is -0.278 e. The summed E-state index contributed by atoms with van der Waals surface area (Å²) in [6.45, 7) is 2.36. The van der Waals surface area contributed by atoms with Gasteiger partial charge in [0.15, 0.2) is 5.13 Å². The van der Waals surface area contributed by atoms with Crippen LogP contribution >= 0.6 is 11.3 Å². The average Bonchev–Trinajstić information content (AvgIpc) is 3.39. The van der Waals surface area contributed by atoms with Gasteiger partial charge in [-0.1, -0.05) is 49.7 Å². The van der Waals surface area contributed by atoms with Gasteiger partial charge in [-0.3, -0.25) is 14.7 Å². The van der Waals surface area contributed by atoms with Crippen LogP contribution in [0.2, 0.25) is 0 Å². The number of amides is 1. The van der Waals surface area contributed by atoms with E-state index in [1.807, 2.05) is 24.3 Å². The van der Waals surface area contributed by atoms with E-state index < -0.39 is 10.0 Å². The zero-order valence-electron chi connectivity index (χ0n) is 21.7. The molecule has 9 heteroatoms. The van der Waals surface area contributed by atoms with Crippen molar-refractivity contribution < 1.29 is 13.2 Å². The van der Waals surface area contributed by atoms with Crippen molar-refractivity contribution in [3.63, 3.8) is 0 Å². The maximum atomic E-state index is 13.8. The highest BCUT2D eigenvalue weighted by Gasteiger charge is 2.29. The maximum absolute atomic E-state index is 13.8. The lowest BCUT2D eigenvalue weighted by molar-refractivity contribution is 0.0984. The largest absolute Gasteiger partial charge is 0.278 e. The molecule has 0 saturated heterocycles. The first-order valence-electron chi connectivity index (χ1n) is 13.1. The Morgan fingerprint density at radius 2 is 1.79 bits per heavy atom. The molecule has 5 rings (SSSR count). The number of nitrogens with zero attached hydrogens (tertiary/aromatic N) is 4. The first kappa shape index (κ1) is 26.5. The van der Waals surface area contributed by atoms with Crippen LogP contribution in [0.15, 0.2) is 71.8 Å². The van der Waals surface area contributed by atoms with Gasteiger partial charge in [0.05, 0.1) is 27.4 Å². The lowest BCUT2D eigenvalue weighted by atomic mass is 9.96. The Bertz CT molecular complexity index is 1510. The van der Waals surface area contributed by atoms with Gasteiger partial charge in [0.25, 0.3) is 5.91 Å². The van der Waals surface area contributed by atoms with Crippen LogP contribution in [0.3, 0.4) is 0 Å². The molecule has 38 heavy (non-hydrogen) atoms. The van der Waals surface area contributed by atoms with E-state index in [1.54, 1.807) is 30.3 Å². The summed E-state index contributed by atoms with van der Waals surface area (Å²) in [4.78, 5) is 24.8. The minimum absolute atomic E-state index is 0.0242. The molecule has 2 aromatic carbocycles. The number of carbonyl (C=O) groups excluding carboxylic acids is 1. The van der Waals surface area contributed by atoms with Gasteiger partial charge < -0.3 is 0 Å². The molecule has 7 nitrogen and oxygen atoms in total. The Morgan fingerprint density at radius 3 is 2.47 bits per heavy atom. The van der Waals surface area contributed by atoms with Crippen molar-refractivity contribution in [3.05, 3.63) is 83.7 Å². The number of aromatic nitrogens is 2. The molecule has 0 spiro atoms. The quantitative estimate of drug-likeness (QED) is 0.268. The van der Waals surface area contributed by atoms with Crippen molar-refractivity contribution in [2.75, 3.05) is 11.9 Å². The highest BCUT2D eigenvalue weighted by atomic mass is 32.2.